The fourth-order valence-electron chi connectivity index (χ4n) is 6.92. The Kier molecular flexibility index (Phi) is 8.12. The number of rotatable bonds is 5. The number of hydrogen-bond acceptors (Lipinski definition) is 2. The fraction of sp³-hybridized carbons (Fsp3) is 0.0208. The SMILES string of the molecule is C=C(/C=C\C(=N)c1c2ccccc2c(-c2ccccc2)c2ccccc12)c1ccc2c(c1)oc1cc3ccccc3cc12.C=C1C=CC=CC1. The predicted octanol–water partition coefficient (Wildman–Crippen LogP) is 13.4. The number of furan rings is 1. The highest BCUT2D eigenvalue weighted by atomic mass is 16.3. The van der Waals surface area contributed by atoms with Crippen molar-refractivity contribution in [1.82, 2.24) is 0 Å². The molecule has 1 heterocycles. The van der Waals surface area contributed by atoms with Crippen LogP contribution in [0, 0.1) is 5.41 Å². The van der Waals surface area contributed by atoms with Gasteiger partial charge >= 0.3 is 0 Å². The molecule has 0 fully saturated rings. The third-order valence-corrected chi connectivity index (χ3v) is 9.38. The van der Waals surface area contributed by atoms with Crippen molar-refractivity contribution >= 4 is 65.5 Å². The molecule has 8 aromatic rings. The van der Waals surface area contributed by atoms with Gasteiger partial charge in [0.15, 0.2) is 0 Å². The minimum atomic E-state index is 0.449. The van der Waals surface area contributed by atoms with Crippen LogP contribution >= 0.6 is 0 Å². The standard InChI is InChI=1S/C41H27NO.C7H8/c1-26(28-20-21-31-36-23-29-13-5-6-14-30(29)25-39(36)43-38(31)24-28)19-22-37(42)41-34-17-9-7-15-32(34)40(27-11-3-2-4-12-27)33-16-8-10-18-35(33)41;1-7-5-3-2-4-6-7/h2-25,42H,1H2;2-5H,1,6H2/b22-19-,42-37?;. The van der Waals surface area contributed by atoms with Gasteiger partial charge in [0, 0.05) is 16.3 Å². The van der Waals surface area contributed by atoms with E-state index >= 15 is 0 Å². The van der Waals surface area contributed by atoms with Crippen LogP contribution in [0.4, 0.5) is 0 Å². The zero-order valence-corrected chi connectivity index (χ0v) is 27.7. The molecule has 1 aliphatic rings. The monoisotopic (exact) mass is 641 g/mol. The van der Waals surface area contributed by atoms with Gasteiger partial charge in [0.1, 0.15) is 11.2 Å². The molecule has 0 spiro atoms. The summed E-state index contributed by atoms with van der Waals surface area (Å²) >= 11 is 0. The van der Waals surface area contributed by atoms with Crippen molar-refractivity contribution in [1.29, 1.82) is 5.41 Å². The summed E-state index contributed by atoms with van der Waals surface area (Å²) in [5, 5.41) is 18.2. The normalized spacial score (nSPS) is 12.7. The topological polar surface area (TPSA) is 37.0 Å². The van der Waals surface area contributed by atoms with Crippen molar-refractivity contribution in [2.45, 2.75) is 6.42 Å². The van der Waals surface area contributed by atoms with Crippen LogP contribution < -0.4 is 0 Å². The number of nitrogens with one attached hydrogen (secondary N) is 1. The lowest BCUT2D eigenvalue weighted by Gasteiger charge is -2.17. The Morgan fingerprint density at radius 2 is 1.22 bits per heavy atom. The first kappa shape index (κ1) is 30.8. The minimum absolute atomic E-state index is 0.449. The Hall–Kier alpha value is -6.51. The molecule has 0 bridgehead atoms. The summed E-state index contributed by atoms with van der Waals surface area (Å²) in [4.78, 5) is 0. The average molecular weight is 642 g/mol. The quantitative estimate of drug-likeness (QED) is 0.113. The van der Waals surface area contributed by atoms with Crippen LogP contribution in [0.2, 0.25) is 0 Å². The van der Waals surface area contributed by atoms with E-state index in [2.05, 4.69) is 141 Å². The molecule has 0 unspecified atom stereocenters. The van der Waals surface area contributed by atoms with Gasteiger partial charge in [0.05, 0.1) is 5.71 Å². The largest absolute Gasteiger partial charge is 0.456 e. The Morgan fingerprint density at radius 3 is 1.86 bits per heavy atom. The number of benzene rings is 7. The van der Waals surface area contributed by atoms with Crippen LogP contribution in [0.1, 0.15) is 17.5 Å². The number of hydrogen-bond donors (Lipinski definition) is 1. The van der Waals surface area contributed by atoms with Crippen LogP contribution in [-0.4, -0.2) is 5.71 Å². The molecule has 1 N–H and O–H groups in total. The first-order valence-electron chi connectivity index (χ1n) is 16.9. The molecule has 0 radical (unpaired) electrons. The van der Waals surface area contributed by atoms with Gasteiger partial charge in [-0.3, -0.25) is 0 Å². The second-order valence-electron chi connectivity index (χ2n) is 12.6. The van der Waals surface area contributed by atoms with Gasteiger partial charge in [-0.1, -0.05) is 158 Å². The molecular formula is C48H35NO. The average Bonchev–Trinajstić information content (AvgIpc) is 3.52. The molecule has 0 saturated heterocycles. The lowest BCUT2D eigenvalue weighted by atomic mass is 9.86. The van der Waals surface area contributed by atoms with Crippen LogP contribution in [0.3, 0.4) is 0 Å². The predicted molar refractivity (Wildman–Crippen MR) is 215 cm³/mol. The third kappa shape index (κ3) is 5.78. The van der Waals surface area contributed by atoms with Crippen molar-refractivity contribution in [2.75, 3.05) is 0 Å². The van der Waals surface area contributed by atoms with Crippen molar-refractivity contribution in [3.05, 3.63) is 200 Å². The highest BCUT2D eigenvalue weighted by Crippen LogP contribution is 2.40. The zero-order chi connectivity index (χ0) is 34.0. The summed E-state index contributed by atoms with van der Waals surface area (Å²) in [6, 6.07) is 46.2. The lowest BCUT2D eigenvalue weighted by molar-refractivity contribution is 0.669. The van der Waals surface area contributed by atoms with Gasteiger partial charge in [-0.25, -0.2) is 0 Å². The first-order chi connectivity index (χ1) is 24.5. The molecular weight excluding hydrogens is 607 g/mol. The molecule has 2 nitrogen and oxygen atoms in total. The Morgan fingerprint density at radius 1 is 0.600 bits per heavy atom. The molecule has 0 atom stereocenters. The zero-order valence-electron chi connectivity index (χ0n) is 27.7. The molecule has 50 heavy (non-hydrogen) atoms. The lowest BCUT2D eigenvalue weighted by Crippen LogP contribution is -2.00. The van der Waals surface area contributed by atoms with Crippen molar-refractivity contribution in [2.24, 2.45) is 0 Å². The van der Waals surface area contributed by atoms with E-state index in [1.54, 1.807) is 0 Å². The summed E-state index contributed by atoms with van der Waals surface area (Å²) in [5.74, 6) is 0. The molecule has 9 rings (SSSR count). The van der Waals surface area contributed by atoms with E-state index in [0.29, 0.717) is 5.71 Å². The Bertz CT molecular complexity index is 2660. The summed E-state index contributed by atoms with van der Waals surface area (Å²) in [6.45, 7) is 8.13. The van der Waals surface area contributed by atoms with E-state index in [9.17, 15) is 5.41 Å². The molecule has 1 aliphatic carbocycles. The van der Waals surface area contributed by atoms with E-state index in [-0.39, 0.29) is 0 Å². The van der Waals surface area contributed by atoms with E-state index in [0.717, 1.165) is 72.0 Å². The van der Waals surface area contributed by atoms with Gasteiger partial charge in [0.2, 0.25) is 0 Å². The summed E-state index contributed by atoms with van der Waals surface area (Å²) in [6.07, 6.45) is 13.0. The summed E-state index contributed by atoms with van der Waals surface area (Å²) < 4.78 is 6.28. The third-order valence-electron chi connectivity index (χ3n) is 9.38. The molecule has 0 amide bonds. The molecule has 0 saturated carbocycles. The van der Waals surface area contributed by atoms with Crippen molar-refractivity contribution < 1.29 is 4.42 Å². The number of fused-ring (bicyclic) bond motifs is 6. The van der Waals surface area contributed by atoms with Gasteiger partial charge in [0.25, 0.3) is 0 Å². The van der Waals surface area contributed by atoms with E-state index in [4.69, 9.17) is 4.42 Å². The van der Waals surface area contributed by atoms with Crippen LogP contribution in [-0.2, 0) is 0 Å². The number of allylic oxidation sites excluding steroid dienone is 8. The second-order valence-corrected chi connectivity index (χ2v) is 12.6. The van der Waals surface area contributed by atoms with Crippen LogP contribution in [0.25, 0.3) is 71.0 Å². The second kappa shape index (κ2) is 13.2. The fourth-order valence-corrected chi connectivity index (χ4v) is 6.92. The smallest absolute Gasteiger partial charge is 0.136 e. The first-order valence-corrected chi connectivity index (χ1v) is 16.9. The van der Waals surface area contributed by atoms with Gasteiger partial charge in [-0.2, -0.15) is 0 Å². The molecule has 0 aliphatic heterocycles. The molecule has 1 aromatic heterocycles. The maximum atomic E-state index is 9.25. The van der Waals surface area contributed by atoms with E-state index in [1.807, 2.05) is 42.5 Å². The van der Waals surface area contributed by atoms with Gasteiger partial charge < -0.3 is 9.83 Å². The van der Waals surface area contributed by atoms with Crippen LogP contribution in [0.5, 0.6) is 0 Å². The summed E-state index contributed by atoms with van der Waals surface area (Å²) in [5.41, 5.74) is 8.45. The Balaban J connectivity index is 0.000000463. The van der Waals surface area contributed by atoms with Crippen molar-refractivity contribution in [3.63, 3.8) is 0 Å². The maximum absolute atomic E-state index is 9.25. The summed E-state index contributed by atoms with van der Waals surface area (Å²) in [7, 11) is 0. The molecule has 2 heteroatoms. The molecule has 7 aromatic carbocycles. The minimum Gasteiger partial charge on any atom is -0.456 e. The van der Waals surface area contributed by atoms with E-state index < -0.39 is 0 Å². The highest BCUT2D eigenvalue weighted by molar-refractivity contribution is 6.28. The van der Waals surface area contributed by atoms with Gasteiger partial charge in [-0.05, 0) is 91.3 Å². The van der Waals surface area contributed by atoms with E-state index in [1.165, 1.54) is 22.1 Å². The van der Waals surface area contributed by atoms with Gasteiger partial charge in [-0.15, -0.1) is 0 Å². The molecule has 238 valence electrons. The maximum Gasteiger partial charge on any atom is 0.136 e. The highest BCUT2D eigenvalue weighted by Gasteiger charge is 2.17. The Labute approximate surface area is 291 Å². The van der Waals surface area contributed by atoms with Crippen LogP contribution in [0.15, 0.2) is 193 Å². The van der Waals surface area contributed by atoms with Crippen molar-refractivity contribution in [3.8, 4) is 11.1 Å².